The number of alkyl halides is 1. The van der Waals surface area contributed by atoms with Crippen LogP contribution in [0.5, 0.6) is 0 Å². The first-order chi connectivity index (χ1) is 17.4. The Kier molecular flexibility index (Phi) is 6.86. The number of rotatable bonds is 6. The molecule has 1 aliphatic rings. The van der Waals surface area contributed by atoms with Gasteiger partial charge < -0.3 is 14.2 Å². The van der Waals surface area contributed by atoms with E-state index in [0.29, 0.717) is 10.9 Å². The van der Waals surface area contributed by atoms with E-state index in [1.165, 1.54) is 16.9 Å². The molecule has 2 aromatic heterocycles. The Hall–Kier alpha value is -3.53. The summed E-state index contributed by atoms with van der Waals surface area (Å²) < 4.78 is 33.8. The topological polar surface area (TPSA) is 92.5 Å². The van der Waals surface area contributed by atoms with E-state index >= 15 is 4.39 Å². The molecule has 0 radical (unpaired) electrons. The maximum absolute atomic E-state index is 15.8. The second kappa shape index (κ2) is 10.2. The highest BCUT2D eigenvalue weighted by molar-refractivity contribution is 6.37. The Labute approximate surface area is 214 Å². The zero-order chi connectivity index (χ0) is 25.2. The predicted molar refractivity (Wildman–Crippen MR) is 129 cm³/mol. The van der Waals surface area contributed by atoms with Crippen LogP contribution < -0.4 is 0 Å². The van der Waals surface area contributed by atoms with Gasteiger partial charge in [-0.15, -0.1) is 0 Å². The number of ether oxygens (including phenoxy) is 3. The molecule has 5 rings (SSSR count). The van der Waals surface area contributed by atoms with Crippen LogP contribution in [-0.4, -0.2) is 51.7 Å². The standard InChI is InChI=1S/C25H18Cl2FN3O5/c26-17-11-19(27)30-22-16(17)12-29-31(22)23-20(28)21(36-25(33)15-9-5-2-6-10-15)18(35-23)13-34-24(32)14-7-3-1-4-8-14/h1-12,18,20-21,23H,13H2/t18-,20+,21-,23-/m1/s1. The van der Waals surface area contributed by atoms with Crippen LogP contribution in [-0.2, 0) is 14.2 Å². The van der Waals surface area contributed by atoms with Gasteiger partial charge in [-0.2, -0.15) is 5.10 Å². The van der Waals surface area contributed by atoms with Crippen molar-refractivity contribution in [1.82, 2.24) is 14.8 Å². The number of hydrogen-bond donors (Lipinski definition) is 0. The molecule has 0 N–H and O–H groups in total. The van der Waals surface area contributed by atoms with Crippen molar-refractivity contribution >= 4 is 46.2 Å². The lowest BCUT2D eigenvalue weighted by molar-refractivity contribution is -0.0601. The van der Waals surface area contributed by atoms with Crippen LogP contribution in [0.1, 0.15) is 26.9 Å². The van der Waals surface area contributed by atoms with Gasteiger partial charge in [0, 0.05) is 0 Å². The number of carbonyl (C=O) groups is 2. The molecular formula is C25H18Cl2FN3O5. The third-order valence-electron chi connectivity index (χ3n) is 5.63. The van der Waals surface area contributed by atoms with Crippen molar-refractivity contribution < 1.29 is 28.2 Å². The molecule has 3 heterocycles. The molecule has 2 aromatic carbocycles. The molecule has 0 spiro atoms. The molecular weight excluding hydrogens is 512 g/mol. The molecule has 1 saturated heterocycles. The van der Waals surface area contributed by atoms with Crippen LogP contribution >= 0.6 is 23.2 Å². The summed E-state index contributed by atoms with van der Waals surface area (Å²) in [6, 6.07) is 17.9. The quantitative estimate of drug-likeness (QED) is 0.254. The summed E-state index contributed by atoms with van der Waals surface area (Å²) in [5.41, 5.74) is 0.737. The number of benzene rings is 2. The van der Waals surface area contributed by atoms with E-state index in [9.17, 15) is 9.59 Å². The minimum atomic E-state index is -1.87. The van der Waals surface area contributed by atoms with Crippen molar-refractivity contribution in [2.45, 2.75) is 24.6 Å². The lowest BCUT2D eigenvalue weighted by Gasteiger charge is -2.19. The van der Waals surface area contributed by atoms with Gasteiger partial charge in [0.25, 0.3) is 0 Å². The molecule has 4 aromatic rings. The summed E-state index contributed by atoms with van der Waals surface area (Å²) in [4.78, 5) is 29.4. The lowest BCUT2D eigenvalue weighted by Crippen LogP contribution is -2.37. The molecule has 8 nitrogen and oxygen atoms in total. The van der Waals surface area contributed by atoms with E-state index in [0.717, 1.165) is 0 Å². The van der Waals surface area contributed by atoms with Gasteiger partial charge in [0.15, 0.2) is 24.2 Å². The predicted octanol–water partition coefficient (Wildman–Crippen LogP) is 5.06. The van der Waals surface area contributed by atoms with Crippen LogP contribution in [0, 0.1) is 0 Å². The fourth-order valence-electron chi connectivity index (χ4n) is 3.89. The second-order valence-electron chi connectivity index (χ2n) is 7.96. The summed E-state index contributed by atoms with van der Waals surface area (Å²) in [6.45, 7) is -0.370. The molecule has 0 bridgehead atoms. The molecule has 4 atom stereocenters. The first-order valence-corrected chi connectivity index (χ1v) is 11.6. The number of carbonyl (C=O) groups excluding carboxylic acids is 2. The van der Waals surface area contributed by atoms with Crippen LogP contribution in [0.2, 0.25) is 10.2 Å². The Morgan fingerprint density at radius 1 is 1.00 bits per heavy atom. The number of aromatic nitrogens is 3. The van der Waals surface area contributed by atoms with Crippen molar-refractivity contribution in [2.24, 2.45) is 0 Å². The zero-order valence-corrected chi connectivity index (χ0v) is 20.0. The van der Waals surface area contributed by atoms with Gasteiger partial charge in [-0.25, -0.2) is 23.6 Å². The maximum atomic E-state index is 15.8. The van der Waals surface area contributed by atoms with Crippen molar-refractivity contribution in [2.75, 3.05) is 6.61 Å². The molecule has 1 aliphatic heterocycles. The summed E-state index contributed by atoms with van der Waals surface area (Å²) in [5, 5.41) is 4.98. The number of fused-ring (bicyclic) bond motifs is 1. The number of hydrogen-bond acceptors (Lipinski definition) is 7. The van der Waals surface area contributed by atoms with E-state index < -0.39 is 36.5 Å². The molecule has 11 heteroatoms. The highest BCUT2D eigenvalue weighted by atomic mass is 35.5. The molecule has 36 heavy (non-hydrogen) atoms. The largest absolute Gasteiger partial charge is 0.459 e. The zero-order valence-electron chi connectivity index (χ0n) is 18.5. The normalized spacial score (nSPS) is 21.4. The minimum absolute atomic E-state index is 0.0862. The smallest absolute Gasteiger partial charge is 0.338 e. The SMILES string of the molecule is O=C(OC[C@H]1O[C@@H](n2ncc3c(Cl)cc(Cl)nc32)[C@@H](F)[C@@H]1OC(=O)c1ccccc1)c1ccccc1. The van der Waals surface area contributed by atoms with Crippen LogP contribution in [0.25, 0.3) is 11.0 Å². The van der Waals surface area contributed by atoms with Gasteiger partial charge in [0.05, 0.1) is 27.7 Å². The van der Waals surface area contributed by atoms with E-state index in [-0.39, 0.29) is 28.0 Å². The molecule has 0 saturated carbocycles. The molecule has 0 unspecified atom stereocenters. The lowest BCUT2D eigenvalue weighted by atomic mass is 10.1. The van der Waals surface area contributed by atoms with E-state index in [1.54, 1.807) is 60.7 Å². The van der Waals surface area contributed by atoms with Crippen LogP contribution in [0.3, 0.4) is 0 Å². The highest BCUT2D eigenvalue weighted by Gasteiger charge is 2.50. The minimum Gasteiger partial charge on any atom is -0.459 e. The van der Waals surface area contributed by atoms with Crippen LogP contribution in [0.15, 0.2) is 72.9 Å². The summed E-state index contributed by atoms with van der Waals surface area (Å²) in [5.74, 6) is -1.38. The summed E-state index contributed by atoms with van der Waals surface area (Å²) in [7, 11) is 0. The first kappa shape index (κ1) is 24.2. The third kappa shape index (κ3) is 4.77. The van der Waals surface area contributed by atoms with Gasteiger partial charge in [0.2, 0.25) is 0 Å². The highest BCUT2D eigenvalue weighted by Crippen LogP contribution is 2.37. The Balaban J connectivity index is 1.42. The van der Waals surface area contributed by atoms with Crippen LogP contribution in [0.4, 0.5) is 4.39 Å². The van der Waals surface area contributed by atoms with Crippen molar-refractivity contribution in [3.05, 3.63) is 94.2 Å². The number of pyridine rings is 1. The fraction of sp³-hybridized carbons (Fsp3) is 0.200. The summed E-state index contributed by atoms with van der Waals surface area (Å²) >= 11 is 12.3. The average Bonchev–Trinajstić information content (AvgIpc) is 3.44. The van der Waals surface area contributed by atoms with E-state index in [4.69, 9.17) is 37.4 Å². The number of halogens is 3. The number of esters is 2. The van der Waals surface area contributed by atoms with Gasteiger partial charge >= 0.3 is 11.9 Å². The van der Waals surface area contributed by atoms with Gasteiger partial charge in [0.1, 0.15) is 17.9 Å². The monoisotopic (exact) mass is 529 g/mol. The Bertz CT molecular complexity index is 1400. The second-order valence-corrected chi connectivity index (χ2v) is 8.76. The molecule has 1 fully saturated rings. The molecule has 184 valence electrons. The van der Waals surface area contributed by atoms with Crippen molar-refractivity contribution in [1.29, 1.82) is 0 Å². The molecule has 0 aliphatic carbocycles. The van der Waals surface area contributed by atoms with Crippen molar-refractivity contribution in [3.8, 4) is 0 Å². The van der Waals surface area contributed by atoms with E-state index in [2.05, 4.69) is 10.1 Å². The van der Waals surface area contributed by atoms with Gasteiger partial charge in [-0.1, -0.05) is 59.6 Å². The molecule has 0 amide bonds. The fourth-order valence-corrected chi connectivity index (χ4v) is 4.37. The first-order valence-electron chi connectivity index (χ1n) is 10.9. The Morgan fingerprint density at radius 3 is 2.31 bits per heavy atom. The maximum Gasteiger partial charge on any atom is 0.338 e. The number of nitrogens with zero attached hydrogens (tertiary/aromatic N) is 3. The third-order valence-corrected chi connectivity index (χ3v) is 6.14. The van der Waals surface area contributed by atoms with Gasteiger partial charge in [-0.3, -0.25) is 0 Å². The summed E-state index contributed by atoms with van der Waals surface area (Å²) in [6.07, 6.45) is -4.34. The average molecular weight is 530 g/mol. The van der Waals surface area contributed by atoms with Crippen molar-refractivity contribution in [3.63, 3.8) is 0 Å². The Morgan fingerprint density at radius 2 is 1.64 bits per heavy atom. The van der Waals surface area contributed by atoms with E-state index in [1.807, 2.05) is 0 Å². The van der Waals surface area contributed by atoms with Gasteiger partial charge in [-0.05, 0) is 30.3 Å².